The smallest absolute Gasteiger partial charge is 0.379 e. The van der Waals surface area contributed by atoms with Gasteiger partial charge in [-0.15, -0.1) is 0 Å². The van der Waals surface area contributed by atoms with E-state index in [1.54, 1.807) is 25.1 Å². The quantitative estimate of drug-likeness (QED) is 0.162. The van der Waals surface area contributed by atoms with Crippen molar-refractivity contribution in [3.05, 3.63) is 71.0 Å². The normalized spacial score (nSPS) is 12.2. The summed E-state index contributed by atoms with van der Waals surface area (Å²) in [6.45, 7) is 6.38. The zero-order valence-electron chi connectivity index (χ0n) is 20.0. The summed E-state index contributed by atoms with van der Waals surface area (Å²) < 4.78 is 57.9. The van der Waals surface area contributed by atoms with Crippen LogP contribution in [0.4, 0.5) is 23.4 Å². The summed E-state index contributed by atoms with van der Waals surface area (Å²) in [7, 11) is 0. The molecular weight excluding hydrogens is 478 g/mol. The molecular formula is C25H27F4N5O2. The van der Waals surface area contributed by atoms with Crippen LogP contribution >= 0.6 is 0 Å². The first-order valence-electron chi connectivity index (χ1n) is 11.3. The predicted molar refractivity (Wildman–Crippen MR) is 129 cm³/mol. The Labute approximate surface area is 206 Å². The Kier molecular flexibility index (Phi) is 8.81. The van der Waals surface area contributed by atoms with Gasteiger partial charge in [0.15, 0.2) is 5.82 Å². The standard InChI is InChI=1S/C25H27F4N5O2/c1-15(2)36-12-4-11-30-24(32-23(35)17-7-9-19(10-8-17)25(27,28)29)31-22-14-21(33-34-22)18-6-5-16(3)20(26)13-18/h5-10,13-15H,4,11-12H2,1-3H3,(H3,30,31,32,33,34,35). The van der Waals surface area contributed by atoms with Gasteiger partial charge in [0.2, 0.25) is 5.96 Å². The molecule has 1 aromatic heterocycles. The number of nitrogens with zero attached hydrogens (tertiary/aromatic N) is 2. The van der Waals surface area contributed by atoms with Crippen molar-refractivity contribution in [2.24, 2.45) is 4.99 Å². The second-order valence-corrected chi connectivity index (χ2v) is 8.30. The van der Waals surface area contributed by atoms with Gasteiger partial charge in [0, 0.05) is 30.3 Å². The fourth-order valence-corrected chi connectivity index (χ4v) is 3.09. The number of benzene rings is 2. The molecule has 3 rings (SSSR count). The lowest BCUT2D eigenvalue weighted by Gasteiger charge is -2.12. The molecule has 0 spiro atoms. The summed E-state index contributed by atoms with van der Waals surface area (Å²) in [6.07, 6.45) is -3.82. The average molecular weight is 506 g/mol. The molecule has 3 aromatic rings. The van der Waals surface area contributed by atoms with Crippen molar-refractivity contribution in [2.75, 3.05) is 18.5 Å². The van der Waals surface area contributed by atoms with Gasteiger partial charge in [-0.1, -0.05) is 12.1 Å². The summed E-state index contributed by atoms with van der Waals surface area (Å²) >= 11 is 0. The van der Waals surface area contributed by atoms with Crippen LogP contribution < -0.4 is 10.6 Å². The number of hydrogen-bond donors (Lipinski definition) is 3. The number of anilines is 1. The fraction of sp³-hybridized carbons (Fsp3) is 0.320. The number of aromatic nitrogens is 2. The molecule has 2 aromatic carbocycles. The Morgan fingerprint density at radius 1 is 1.14 bits per heavy atom. The largest absolute Gasteiger partial charge is 0.416 e. The Balaban J connectivity index is 1.76. The van der Waals surface area contributed by atoms with Crippen LogP contribution in [0.25, 0.3) is 11.3 Å². The second-order valence-electron chi connectivity index (χ2n) is 8.30. The number of guanidine groups is 1. The number of rotatable bonds is 8. The molecule has 0 bridgehead atoms. The van der Waals surface area contributed by atoms with E-state index in [2.05, 4.69) is 25.8 Å². The van der Waals surface area contributed by atoms with Gasteiger partial charge in [-0.2, -0.15) is 23.3 Å². The number of nitrogens with one attached hydrogen (secondary N) is 3. The van der Waals surface area contributed by atoms with E-state index in [-0.39, 0.29) is 23.4 Å². The molecule has 0 aliphatic rings. The summed E-state index contributed by atoms with van der Waals surface area (Å²) in [5.41, 5.74) is 0.761. The Morgan fingerprint density at radius 3 is 2.50 bits per heavy atom. The number of aliphatic imine (C=N–C) groups is 1. The lowest BCUT2D eigenvalue weighted by molar-refractivity contribution is -0.137. The first-order valence-corrected chi connectivity index (χ1v) is 11.3. The molecule has 11 heteroatoms. The van der Waals surface area contributed by atoms with Gasteiger partial charge in [-0.05, 0) is 63.1 Å². The minimum absolute atomic E-state index is 0.00918. The van der Waals surface area contributed by atoms with E-state index in [1.807, 2.05) is 13.8 Å². The topological polar surface area (TPSA) is 91.4 Å². The third kappa shape index (κ3) is 7.64. The summed E-state index contributed by atoms with van der Waals surface area (Å²) in [5, 5.41) is 12.8. The van der Waals surface area contributed by atoms with E-state index in [9.17, 15) is 22.4 Å². The van der Waals surface area contributed by atoms with Crippen molar-refractivity contribution in [2.45, 2.75) is 39.5 Å². The monoisotopic (exact) mass is 505 g/mol. The van der Waals surface area contributed by atoms with Crippen molar-refractivity contribution in [3.8, 4) is 11.3 Å². The van der Waals surface area contributed by atoms with Gasteiger partial charge in [-0.25, -0.2) is 4.39 Å². The minimum atomic E-state index is -4.50. The Hall–Kier alpha value is -3.73. The third-order valence-electron chi connectivity index (χ3n) is 5.04. The second kappa shape index (κ2) is 11.8. The van der Waals surface area contributed by atoms with Gasteiger partial charge in [0.05, 0.1) is 17.4 Å². The third-order valence-corrected chi connectivity index (χ3v) is 5.04. The highest BCUT2D eigenvalue weighted by molar-refractivity contribution is 6.06. The van der Waals surface area contributed by atoms with Gasteiger partial charge in [-0.3, -0.25) is 9.89 Å². The van der Waals surface area contributed by atoms with Gasteiger partial charge in [0.25, 0.3) is 5.91 Å². The SMILES string of the molecule is Cc1ccc(-c2cc(N/C(=N\C(=O)c3ccc(C(F)(F)F)cc3)NCCCOC(C)C)n[nH]2)cc1F. The highest BCUT2D eigenvalue weighted by atomic mass is 19.4. The van der Waals surface area contributed by atoms with E-state index in [4.69, 9.17) is 4.74 Å². The maximum Gasteiger partial charge on any atom is 0.416 e. The molecule has 0 saturated heterocycles. The summed E-state index contributed by atoms with van der Waals surface area (Å²) in [4.78, 5) is 16.6. The van der Waals surface area contributed by atoms with Crippen LogP contribution in [-0.2, 0) is 10.9 Å². The van der Waals surface area contributed by atoms with Gasteiger partial charge in [0.1, 0.15) is 5.82 Å². The molecule has 1 heterocycles. The molecule has 0 fully saturated rings. The number of aromatic amines is 1. The van der Waals surface area contributed by atoms with E-state index >= 15 is 0 Å². The molecule has 0 aliphatic carbocycles. The lowest BCUT2D eigenvalue weighted by Crippen LogP contribution is -2.33. The van der Waals surface area contributed by atoms with Crippen molar-refractivity contribution in [1.82, 2.24) is 15.5 Å². The van der Waals surface area contributed by atoms with Crippen LogP contribution in [0.15, 0.2) is 53.5 Å². The maximum absolute atomic E-state index is 13.9. The molecule has 7 nitrogen and oxygen atoms in total. The molecule has 0 aliphatic heterocycles. The van der Waals surface area contributed by atoms with Crippen molar-refractivity contribution in [3.63, 3.8) is 0 Å². The van der Waals surface area contributed by atoms with Gasteiger partial charge >= 0.3 is 6.18 Å². The zero-order chi connectivity index (χ0) is 26.3. The minimum Gasteiger partial charge on any atom is -0.379 e. The van der Waals surface area contributed by atoms with Crippen molar-refractivity contribution >= 4 is 17.7 Å². The molecule has 0 saturated carbocycles. The number of hydrogen-bond acceptors (Lipinski definition) is 3. The van der Waals surface area contributed by atoms with E-state index < -0.39 is 17.6 Å². The Morgan fingerprint density at radius 2 is 1.86 bits per heavy atom. The lowest BCUT2D eigenvalue weighted by atomic mass is 10.1. The summed E-state index contributed by atoms with van der Waals surface area (Å²) in [5.74, 6) is -0.742. The van der Waals surface area contributed by atoms with Gasteiger partial charge < -0.3 is 15.4 Å². The molecule has 0 atom stereocenters. The summed E-state index contributed by atoms with van der Waals surface area (Å²) in [6, 6.07) is 10.2. The number of aryl methyl sites for hydroxylation is 1. The first-order chi connectivity index (χ1) is 17.0. The van der Waals surface area contributed by atoms with E-state index in [0.29, 0.717) is 42.2 Å². The highest BCUT2D eigenvalue weighted by Gasteiger charge is 2.30. The first kappa shape index (κ1) is 26.9. The van der Waals surface area contributed by atoms with Crippen LogP contribution in [0, 0.1) is 12.7 Å². The molecule has 3 N–H and O–H groups in total. The zero-order valence-corrected chi connectivity index (χ0v) is 20.0. The number of carbonyl (C=O) groups excluding carboxylic acids is 1. The number of H-pyrrole nitrogens is 1. The Bertz CT molecular complexity index is 1200. The molecule has 1 amide bonds. The average Bonchev–Trinajstić information content (AvgIpc) is 3.28. The number of carbonyl (C=O) groups is 1. The van der Waals surface area contributed by atoms with Crippen LogP contribution in [-0.4, -0.2) is 41.3 Å². The molecule has 36 heavy (non-hydrogen) atoms. The number of amides is 1. The fourth-order valence-electron chi connectivity index (χ4n) is 3.09. The van der Waals surface area contributed by atoms with Crippen LogP contribution in [0.2, 0.25) is 0 Å². The van der Waals surface area contributed by atoms with Crippen LogP contribution in [0.5, 0.6) is 0 Å². The van der Waals surface area contributed by atoms with E-state index in [1.165, 1.54) is 6.07 Å². The number of halogens is 4. The molecule has 192 valence electrons. The van der Waals surface area contributed by atoms with Crippen molar-refractivity contribution < 1.29 is 27.1 Å². The van der Waals surface area contributed by atoms with Crippen LogP contribution in [0.3, 0.4) is 0 Å². The number of alkyl halides is 3. The highest BCUT2D eigenvalue weighted by Crippen LogP contribution is 2.29. The van der Waals surface area contributed by atoms with E-state index in [0.717, 1.165) is 24.3 Å². The maximum atomic E-state index is 13.9. The molecule has 0 radical (unpaired) electrons. The van der Waals surface area contributed by atoms with Crippen LogP contribution in [0.1, 0.15) is 41.8 Å². The predicted octanol–water partition coefficient (Wildman–Crippen LogP) is 5.56. The van der Waals surface area contributed by atoms with Crippen molar-refractivity contribution in [1.29, 1.82) is 0 Å². The molecule has 0 unspecified atom stereocenters. The number of ether oxygens (including phenoxy) is 1.